The van der Waals surface area contributed by atoms with E-state index in [1.807, 2.05) is 42.5 Å². The molecule has 0 fully saturated rings. The van der Waals surface area contributed by atoms with Gasteiger partial charge in [-0.1, -0.05) is 147 Å². The van der Waals surface area contributed by atoms with Gasteiger partial charge < -0.3 is 0 Å². The van der Waals surface area contributed by atoms with Gasteiger partial charge in [0.05, 0.1) is 11.6 Å². The van der Waals surface area contributed by atoms with Crippen LogP contribution in [0.1, 0.15) is 30.5 Å². The molecule has 0 saturated carbocycles. The molecule has 1 heterocycles. The van der Waals surface area contributed by atoms with Crippen LogP contribution in [0.3, 0.4) is 0 Å². The molecule has 240 valence electrons. The Morgan fingerprint density at radius 2 is 1.04 bits per heavy atom. The third-order valence-corrected chi connectivity index (χ3v) is 10.2. The van der Waals surface area contributed by atoms with Crippen LogP contribution in [-0.4, -0.2) is 15.0 Å². The van der Waals surface area contributed by atoms with E-state index in [4.69, 9.17) is 15.0 Å². The summed E-state index contributed by atoms with van der Waals surface area (Å²) in [5.41, 5.74) is 12.9. The summed E-state index contributed by atoms with van der Waals surface area (Å²) < 4.78 is 0. The molecule has 4 heteroatoms. The second kappa shape index (κ2) is 12.0. The Hall–Kier alpha value is -6.70. The van der Waals surface area contributed by atoms with Crippen LogP contribution in [0.2, 0.25) is 0 Å². The Morgan fingerprint density at radius 3 is 1.82 bits per heavy atom. The molecular weight excluding hydrogens is 621 g/mol. The lowest BCUT2D eigenvalue weighted by Gasteiger charge is -2.22. The van der Waals surface area contributed by atoms with Crippen molar-refractivity contribution in [1.29, 1.82) is 5.26 Å². The summed E-state index contributed by atoms with van der Waals surface area (Å²) in [6.45, 7) is 4.54. The van der Waals surface area contributed by atoms with Crippen LogP contribution in [0, 0.1) is 11.3 Å². The van der Waals surface area contributed by atoms with Gasteiger partial charge in [-0.25, -0.2) is 15.0 Å². The second-order valence-corrected chi connectivity index (χ2v) is 13.6. The highest BCUT2D eigenvalue weighted by Gasteiger charge is 2.35. The maximum absolute atomic E-state index is 9.50. The van der Waals surface area contributed by atoms with Gasteiger partial charge >= 0.3 is 0 Å². The van der Waals surface area contributed by atoms with Crippen LogP contribution >= 0.6 is 0 Å². The molecule has 0 N–H and O–H groups in total. The molecule has 0 amide bonds. The zero-order valence-electron chi connectivity index (χ0n) is 28.3. The summed E-state index contributed by atoms with van der Waals surface area (Å²) in [6.07, 6.45) is 0. The van der Waals surface area contributed by atoms with Crippen LogP contribution in [0.25, 0.3) is 78.3 Å². The number of aromatic nitrogens is 3. The van der Waals surface area contributed by atoms with Gasteiger partial charge in [0.2, 0.25) is 0 Å². The van der Waals surface area contributed by atoms with Gasteiger partial charge in [0.1, 0.15) is 0 Å². The molecule has 0 spiro atoms. The number of benzene rings is 7. The first-order valence-electron chi connectivity index (χ1n) is 17.2. The summed E-state index contributed by atoms with van der Waals surface area (Å²) in [5, 5.41) is 11.7. The molecule has 51 heavy (non-hydrogen) atoms. The summed E-state index contributed by atoms with van der Waals surface area (Å²) >= 11 is 0. The molecule has 9 rings (SSSR count). The molecule has 8 aromatic rings. The number of nitrogens with zero attached hydrogens (tertiary/aromatic N) is 4. The second-order valence-electron chi connectivity index (χ2n) is 13.6. The van der Waals surface area contributed by atoms with E-state index >= 15 is 0 Å². The topological polar surface area (TPSA) is 62.5 Å². The molecule has 4 nitrogen and oxygen atoms in total. The highest BCUT2D eigenvalue weighted by molar-refractivity contribution is 5.95. The number of hydrogen-bond acceptors (Lipinski definition) is 4. The van der Waals surface area contributed by atoms with Crippen molar-refractivity contribution in [3.8, 4) is 73.6 Å². The number of fused-ring (bicyclic) bond motifs is 4. The van der Waals surface area contributed by atoms with E-state index in [2.05, 4.69) is 135 Å². The average Bonchev–Trinajstić information content (AvgIpc) is 3.42. The minimum absolute atomic E-state index is 0.141. The molecule has 1 aliphatic carbocycles. The minimum atomic E-state index is -0.141. The van der Waals surface area contributed by atoms with E-state index in [0.717, 1.165) is 49.7 Å². The minimum Gasteiger partial charge on any atom is -0.208 e. The molecule has 0 atom stereocenters. The van der Waals surface area contributed by atoms with E-state index in [0.29, 0.717) is 23.0 Å². The van der Waals surface area contributed by atoms with Crippen molar-refractivity contribution < 1.29 is 0 Å². The maximum atomic E-state index is 9.50. The van der Waals surface area contributed by atoms with Crippen molar-refractivity contribution in [2.24, 2.45) is 0 Å². The van der Waals surface area contributed by atoms with Crippen molar-refractivity contribution in [1.82, 2.24) is 15.0 Å². The summed E-state index contributed by atoms with van der Waals surface area (Å²) in [5.74, 6) is 1.93. The van der Waals surface area contributed by atoms with E-state index in [9.17, 15) is 5.26 Å². The lowest BCUT2D eigenvalue weighted by atomic mass is 9.81. The van der Waals surface area contributed by atoms with Crippen molar-refractivity contribution in [3.63, 3.8) is 0 Å². The van der Waals surface area contributed by atoms with Crippen LogP contribution in [0.4, 0.5) is 0 Å². The number of rotatable bonds is 5. The fraction of sp³-hybridized carbons (Fsp3) is 0.0638. The SMILES string of the molecule is CC1(C)c2ccc(C#N)cc2-c2ccc(-c3ccc(-c4cccc(-c5nc(-c6ccccc6)nc(-c6cccc7ccccc67)n5)c4)cc3)cc21. The summed E-state index contributed by atoms with van der Waals surface area (Å²) in [7, 11) is 0. The van der Waals surface area contributed by atoms with E-state index < -0.39 is 0 Å². The van der Waals surface area contributed by atoms with Crippen molar-refractivity contribution in [3.05, 3.63) is 174 Å². The molecular formula is C47H32N4. The fourth-order valence-corrected chi connectivity index (χ4v) is 7.46. The Bertz CT molecular complexity index is 2660. The first-order chi connectivity index (χ1) is 25.0. The third kappa shape index (κ3) is 5.28. The monoisotopic (exact) mass is 652 g/mol. The van der Waals surface area contributed by atoms with E-state index in [-0.39, 0.29) is 5.41 Å². The first-order valence-corrected chi connectivity index (χ1v) is 17.2. The van der Waals surface area contributed by atoms with E-state index in [1.165, 1.54) is 22.3 Å². The fourth-order valence-electron chi connectivity index (χ4n) is 7.46. The largest absolute Gasteiger partial charge is 0.208 e. The predicted octanol–water partition coefficient (Wildman–Crippen LogP) is 11.5. The average molecular weight is 653 g/mol. The number of hydrogen-bond donors (Lipinski definition) is 0. The van der Waals surface area contributed by atoms with Crippen LogP contribution in [0.5, 0.6) is 0 Å². The van der Waals surface area contributed by atoms with Crippen LogP contribution in [-0.2, 0) is 5.41 Å². The van der Waals surface area contributed by atoms with Crippen LogP contribution in [0.15, 0.2) is 158 Å². The first kappa shape index (κ1) is 30.4. The molecule has 0 unspecified atom stereocenters. The smallest absolute Gasteiger partial charge is 0.164 e. The molecule has 0 saturated heterocycles. The molecule has 0 aliphatic heterocycles. The van der Waals surface area contributed by atoms with Gasteiger partial charge in [-0.15, -0.1) is 0 Å². The van der Waals surface area contributed by atoms with Gasteiger partial charge in [0.15, 0.2) is 17.5 Å². The molecule has 0 radical (unpaired) electrons. The Kier molecular flexibility index (Phi) is 7.15. The molecule has 0 bridgehead atoms. The molecule has 7 aromatic carbocycles. The third-order valence-electron chi connectivity index (χ3n) is 10.2. The Balaban J connectivity index is 1.07. The lowest BCUT2D eigenvalue weighted by molar-refractivity contribution is 0.660. The van der Waals surface area contributed by atoms with Crippen molar-refractivity contribution in [2.45, 2.75) is 19.3 Å². The standard InChI is InChI=1S/C47H32N4/c1-47(2)42-25-18-30(29-48)26-41(42)39-24-23-36(28-43(39)47)32-21-19-31(20-22-32)35-14-8-15-37(27-35)45-49-44(34-11-4-3-5-12-34)50-46(51-45)40-17-9-13-33-10-6-7-16-38(33)40/h3-28H,1-2H3. The lowest BCUT2D eigenvalue weighted by Crippen LogP contribution is -2.15. The maximum Gasteiger partial charge on any atom is 0.164 e. The zero-order chi connectivity index (χ0) is 34.5. The van der Waals surface area contributed by atoms with Gasteiger partial charge in [-0.05, 0) is 79.5 Å². The van der Waals surface area contributed by atoms with Gasteiger partial charge in [0, 0.05) is 22.1 Å². The van der Waals surface area contributed by atoms with Gasteiger partial charge in [-0.2, -0.15) is 5.26 Å². The zero-order valence-corrected chi connectivity index (χ0v) is 28.3. The van der Waals surface area contributed by atoms with Crippen LogP contribution < -0.4 is 0 Å². The summed E-state index contributed by atoms with van der Waals surface area (Å²) in [4.78, 5) is 15.0. The van der Waals surface area contributed by atoms with Gasteiger partial charge in [0.25, 0.3) is 0 Å². The molecule has 1 aliphatic rings. The van der Waals surface area contributed by atoms with E-state index in [1.54, 1.807) is 0 Å². The summed E-state index contributed by atoms with van der Waals surface area (Å²) in [6, 6.07) is 57.0. The van der Waals surface area contributed by atoms with Gasteiger partial charge in [-0.3, -0.25) is 0 Å². The normalized spacial score (nSPS) is 12.6. The predicted molar refractivity (Wildman–Crippen MR) is 207 cm³/mol. The Labute approximate surface area is 297 Å². The highest BCUT2D eigenvalue weighted by atomic mass is 15.0. The molecule has 1 aromatic heterocycles. The van der Waals surface area contributed by atoms with Crippen molar-refractivity contribution in [2.75, 3.05) is 0 Å². The quantitative estimate of drug-likeness (QED) is 0.186. The number of nitriles is 1. The highest BCUT2D eigenvalue weighted by Crippen LogP contribution is 2.50. The Morgan fingerprint density at radius 1 is 0.431 bits per heavy atom. The van der Waals surface area contributed by atoms with Crippen molar-refractivity contribution >= 4 is 10.8 Å².